The van der Waals surface area contributed by atoms with Crippen LogP contribution in [-0.4, -0.2) is 27.7 Å². The lowest BCUT2D eigenvalue weighted by molar-refractivity contribution is 0.0950. The van der Waals surface area contributed by atoms with Crippen LogP contribution in [0.15, 0.2) is 29.9 Å². The van der Waals surface area contributed by atoms with Gasteiger partial charge < -0.3 is 15.5 Å². The fraction of sp³-hybridized carbons (Fsp3) is 0.200. The fourth-order valence-electron chi connectivity index (χ4n) is 1.62. The molecule has 2 rings (SSSR count). The summed E-state index contributed by atoms with van der Waals surface area (Å²) in [6, 6.07) is 3.24. The molecule has 6 heteroatoms. The van der Waals surface area contributed by atoms with Crippen LogP contribution in [0.2, 0.25) is 0 Å². The van der Waals surface area contributed by atoms with Gasteiger partial charge in [0.1, 0.15) is 5.75 Å². The molecule has 5 nitrogen and oxygen atoms in total. The zero-order valence-electron chi connectivity index (χ0n) is 11.2. The summed E-state index contributed by atoms with van der Waals surface area (Å²) in [6.07, 6.45) is 3.09. The summed E-state index contributed by atoms with van der Waals surface area (Å²) in [5, 5.41) is 22.7. The predicted octanol–water partition coefficient (Wildman–Crippen LogP) is 1.51. The van der Waals surface area contributed by atoms with Gasteiger partial charge in [0.25, 0.3) is 5.91 Å². The highest BCUT2D eigenvalue weighted by Gasteiger charge is 2.08. The van der Waals surface area contributed by atoms with Crippen molar-refractivity contribution in [3.8, 4) is 17.6 Å². The highest BCUT2D eigenvalue weighted by Crippen LogP contribution is 2.16. The molecule has 2 aromatic heterocycles. The number of nitrogens with zero attached hydrogens (tertiary/aromatic N) is 1. The molecule has 0 aliphatic carbocycles. The van der Waals surface area contributed by atoms with E-state index in [9.17, 15) is 9.90 Å². The Labute approximate surface area is 126 Å². The number of aliphatic hydroxyl groups excluding tert-OH is 1. The second-order valence-electron chi connectivity index (χ2n) is 4.15. The first-order chi connectivity index (χ1) is 10.2. The van der Waals surface area contributed by atoms with Crippen molar-refractivity contribution in [3.05, 3.63) is 45.9 Å². The Morgan fingerprint density at radius 1 is 1.43 bits per heavy atom. The molecule has 0 radical (unpaired) electrons. The molecule has 0 fully saturated rings. The van der Waals surface area contributed by atoms with Crippen LogP contribution in [-0.2, 0) is 6.54 Å². The number of aromatic nitrogens is 1. The topological polar surface area (TPSA) is 82.5 Å². The van der Waals surface area contributed by atoms with Crippen molar-refractivity contribution >= 4 is 17.2 Å². The van der Waals surface area contributed by atoms with Crippen molar-refractivity contribution in [1.29, 1.82) is 0 Å². The summed E-state index contributed by atoms with van der Waals surface area (Å²) in [5.41, 5.74) is 1.15. The number of nitrogens with one attached hydrogen (secondary N) is 1. The maximum Gasteiger partial charge on any atom is 0.253 e. The van der Waals surface area contributed by atoms with E-state index < -0.39 is 0 Å². The molecule has 0 saturated heterocycles. The smallest absolute Gasteiger partial charge is 0.253 e. The summed E-state index contributed by atoms with van der Waals surface area (Å²) in [6.45, 7) is 0.392. The zero-order chi connectivity index (χ0) is 15.1. The molecule has 0 saturated carbocycles. The van der Waals surface area contributed by atoms with Crippen molar-refractivity contribution in [2.45, 2.75) is 13.0 Å². The van der Waals surface area contributed by atoms with Crippen molar-refractivity contribution in [2.24, 2.45) is 0 Å². The summed E-state index contributed by atoms with van der Waals surface area (Å²) in [4.78, 5) is 16.6. The fourth-order valence-corrected chi connectivity index (χ4v) is 2.39. The molecule has 1 amide bonds. The Balaban J connectivity index is 1.99. The van der Waals surface area contributed by atoms with E-state index in [1.165, 1.54) is 29.8 Å². The predicted molar refractivity (Wildman–Crippen MR) is 80.0 cm³/mol. The van der Waals surface area contributed by atoms with E-state index in [4.69, 9.17) is 5.11 Å². The van der Waals surface area contributed by atoms with Gasteiger partial charge in [-0.3, -0.25) is 9.78 Å². The maximum atomic E-state index is 11.9. The van der Waals surface area contributed by atoms with Crippen LogP contribution in [0.3, 0.4) is 0 Å². The monoisotopic (exact) mass is 302 g/mol. The van der Waals surface area contributed by atoms with E-state index in [1.54, 1.807) is 0 Å². The van der Waals surface area contributed by atoms with Gasteiger partial charge in [0.15, 0.2) is 0 Å². The molecule has 3 N–H and O–H groups in total. The lowest BCUT2D eigenvalue weighted by Crippen LogP contribution is -2.22. The quantitative estimate of drug-likeness (QED) is 0.748. The Morgan fingerprint density at radius 3 is 3.05 bits per heavy atom. The third kappa shape index (κ3) is 4.31. The first-order valence-corrected chi connectivity index (χ1v) is 7.17. The van der Waals surface area contributed by atoms with Crippen LogP contribution in [0.25, 0.3) is 0 Å². The minimum atomic E-state index is -0.305. The molecule has 2 heterocycles. The van der Waals surface area contributed by atoms with E-state index in [-0.39, 0.29) is 18.3 Å². The van der Waals surface area contributed by atoms with E-state index in [2.05, 4.69) is 22.1 Å². The minimum absolute atomic E-state index is 0.0354. The van der Waals surface area contributed by atoms with Crippen LogP contribution in [0.1, 0.15) is 27.2 Å². The third-order valence-corrected chi connectivity index (χ3v) is 3.52. The molecule has 0 aliphatic rings. The second-order valence-corrected chi connectivity index (χ2v) is 5.15. The first kappa shape index (κ1) is 15.0. The van der Waals surface area contributed by atoms with Gasteiger partial charge in [0, 0.05) is 23.1 Å². The lowest BCUT2D eigenvalue weighted by Gasteiger charge is -2.04. The van der Waals surface area contributed by atoms with Crippen molar-refractivity contribution < 1.29 is 15.0 Å². The van der Waals surface area contributed by atoms with Crippen molar-refractivity contribution in [1.82, 2.24) is 10.3 Å². The molecule has 0 bridgehead atoms. The normalized spacial score (nSPS) is 9.76. The Kier molecular flexibility index (Phi) is 5.32. The average molecular weight is 302 g/mol. The molecular weight excluding hydrogens is 288 g/mol. The largest absolute Gasteiger partial charge is 0.506 e. The van der Waals surface area contributed by atoms with Crippen molar-refractivity contribution in [3.63, 3.8) is 0 Å². The molecule has 0 atom stereocenters. The van der Waals surface area contributed by atoms with Gasteiger partial charge in [0.05, 0.1) is 24.9 Å². The van der Waals surface area contributed by atoms with Gasteiger partial charge in [0.2, 0.25) is 0 Å². The molecular formula is C15H14N2O3S. The van der Waals surface area contributed by atoms with Gasteiger partial charge in [-0.15, -0.1) is 11.3 Å². The van der Waals surface area contributed by atoms with Gasteiger partial charge in [-0.2, -0.15) is 0 Å². The SMILES string of the molecule is O=C(NCc1sccc1C#CCCO)c1cncc(O)c1. The minimum Gasteiger partial charge on any atom is -0.506 e. The highest BCUT2D eigenvalue weighted by molar-refractivity contribution is 7.10. The highest BCUT2D eigenvalue weighted by atomic mass is 32.1. The third-order valence-electron chi connectivity index (χ3n) is 2.60. The maximum absolute atomic E-state index is 11.9. The second kappa shape index (κ2) is 7.43. The van der Waals surface area contributed by atoms with E-state index in [1.807, 2.05) is 11.4 Å². The van der Waals surface area contributed by atoms with E-state index in [0.29, 0.717) is 18.5 Å². The molecule has 0 aliphatic heterocycles. The van der Waals surface area contributed by atoms with Gasteiger partial charge in [-0.1, -0.05) is 11.8 Å². The van der Waals surface area contributed by atoms with Crippen LogP contribution >= 0.6 is 11.3 Å². The van der Waals surface area contributed by atoms with E-state index in [0.717, 1.165) is 10.4 Å². The molecule has 21 heavy (non-hydrogen) atoms. The van der Waals surface area contributed by atoms with Crippen LogP contribution in [0.4, 0.5) is 0 Å². The Morgan fingerprint density at radius 2 is 2.29 bits per heavy atom. The van der Waals surface area contributed by atoms with Gasteiger partial charge in [-0.05, 0) is 17.5 Å². The number of hydrogen-bond donors (Lipinski definition) is 3. The molecule has 0 aromatic carbocycles. The summed E-state index contributed by atoms with van der Waals surface area (Å²) in [7, 11) is 0. The number of aromatic hydroxyl groups is 1. The average Bonchev–Trinajstić information content (AvgIpc) is 2.92. The summed E-state index contributed by atoms with van der Waals surface area (Å²) >= 11 is 1.50. The number of hydrogen-bond acceptors (Lipinski definition) is 5. The number of amides is 1. The van der Waals surface area contributed by atoms with Gasteiger partial charge in [-0.25, -0.2) is 0 Å². The standard InChI is InChI=1S/C15H14N2O3S/c18-5-2-1-3-11-4-6-21-14(11)10-17-15(20)12-7-13(19)9-16-8-12/h4,6-9,18-19H,2,5,10H2,(H,17,20). The summed E-state index contributed by atoms with van der Waals surface area (Å²) in [5.74, 6) is 5.47. The lowest BCUT2D eigenvalue weighted by atomic mass is 10.2. The number of carbonyl (C=O) groups is 1. The zero-order valence-corrected chi connectivity index (χ0v) is 12.0. The number of carbonyl (C=O) groups excluding carboxylic acids is 1. The van der Waals surface area contributed by atoms with Crippen LogP contribution in [0, 0.1) is 11.8 Å². The number of thiophene rings is 1. The number of rotatable bonds is 4. The van der Waals surface area contributed by atoms with E-state index >= 15 is 0 Å². The van der Waals surface area contributed by atoms with Gasteiger partial charge >= 0.3 is 0 Å². The Bertz CT molecular complexity index is 685. The first-order valence-electron chi connectivity index (χ1n) is 6.29. The van der Waals surface area contributed by atoms with Crippen molar-refractivity contribution in [2.75, 3.05) is 6.61 Å². The Hall–Kier alpha value is -2.36. The molecule has 0 unspecified atom stereocenters. The van der Waals surface area contributed by atoms with Crippen LogP contribution in [0.5, 0.6) is 5.75 Å². The molecule has 0 spiro atoms. The summed E-state index contributed by atoms with van der Waals surface area (Å²) < 4.78 is 0. The van der Waals surface area contributed by atoms with Crippen LogP contribution < -0.4 is 5.32 Å². The molecule has 108 valence electrons. The number of aliphatic hydroxyl groups is 1. The molecule has 2 aromatic rings. The number of pyridine rings is 1.